The third-order valence-corrected chi connectivity index (χ3v) is 6.57. The van der Waals surface area contributed by atoms with Gasteiger partial charge >= 0.3 is 7.60 Å². The molecular formula is C11H19IN5O4P. The maximum Gasteiger partial charge on any atom is 0.356 e. The van der Waals surface area contributed by atoms with Gasteiger partial charge in [-0.2, -0.15) is 3.15 Å². The Bertz CT molecular complexity index is 578. The van der Waals surface area contributed by atoms with Crippen molar-refractivity contribution in [2.75, 3.05) is 41.6 Å². The van der Waals surface area contributed by atoms with Crippen LogP contribution in [0.4, 0.5) is 17.3 Å². The number of nitrogens with zero attached hydrogens (tertiary/aromatic N) is 4. The van der Waals surface area contributed by atoms with Gasteiger partial charge < -0.3 is 19.5 Å². The summed E-state index contributed by atoms with van der Waals surface area (Å²) in [7, 11) is -3.16. The minimum Gasteiger partial charge on any atom is -0.382 e. The highest BCUT2D eigenvalue weighted by Crippen LogP contribution is 2.48. The molecule has 0 aromatic carbocycles. The molecule has 2 heterocycles. The van der Waals surface area contributed by atoms with Crippen LogP contribution in [0.5, 0.6) is 0 Å². The van der Waals surface area contributed by atoms with E-state index in [1.807, 2.05) is 3.11 Å². The van der Waals surface area contributed by atoms with E-state index in [1.54, 1.807) is 13.8 Å². The molecule has 1 aromatic heterocycles. The van der Waals surface area contributed by atoms with Gasteiger partial charge in [0.15, 0.2) is 17.3 Å². The average molecular weight is 443 g/mol. The highest BCUT2D eigenvalue weighted by Gasteiger charge is 2.25. The molecule has 11 heteroatoms. The van der Waals surface area contributed by atoms with Crippen LogP contribution in [0.25, 0.3) is 0 Å². The van der Waals surface area contributed by atoms with Crippen molar-refractivity contribution < 1.29 is 18.3 Å². The molecule has 22 heavy (non-hydrogen) atoms. The van der Waals surface area contributed by atoms with Crippen molar-refractivity contribution in [2.45, 2.75) is 13.8 Å². The number of anilines is 2. The lowest BCUT2D eigenvalue weighted by molar-refractivity contribution is 0.138. The van der Waals surface area contributed by atoms with E-state index in [2.05, 4.69) is 13.1 Å². The van der Waals surface area contributed by atoms with E-state index in [0.29, 0.717) is 37.9 Å². The van der Waals surface area contributed by atoms with E-state index >= 15 is 0 Å². The van der Waals surface area contributed by atoms with E-state index in [-0.39, 0.29) is 6.35 Å². The standard InChI is InChI=1S/C11H19IN5O4P/c1-3-20-22(18,21-4-2)8-19-6-5-17-11-9(16-12-17)10(13)14-7-15-11/h7H,3-6,8H2,1-2H3,(H2,13,14,15). The van der Waals surface area contributed by atoms with E-state index in [0.717, 1.165) is 5.82 Å². The van der Waals surface area contributed by atoms with Crippen molar-refractivity contribution >= 4 is 46.2 Å². The summed E-state index contributed by atoms with van der Waals surface area (Å²) in [5, 5.41) is 0. The molecule has 0 unspecified atom stereocenters. The molecule has 0 aliphatic carbocycles. The van der Waals surface area contributed by atoms with Crippen LogP contribution in [0.1, 0.15) is 13.8 Å². The van der Waals surface area contributed by atoms with Gasteiger partial charge in [-0.15, -0.1) is 0 Å². The zero-order chi connectivity index (χ0) is 16.0. The largest absolute Gasteiger partial charge is 0.382 e. The number of hydrogen-bond donors (Lipinski definition) is 1. The molecule has 0 atom stereocenters. The van der Waals surface area contributed by atoms with Crippen LogP contribution in [0.15, 0.2) is 9.47 Å². The number of aromatic nitrogens is 2. The number of hydrogen-bond acceptors (Lipinski definition) is 9. The molecule has 0 spiro atoms. The number of nitrogens with two attached hydrogens (primary N) is 1. The van der Waals surface area contributed by atoms with Crippen molar-refractivity contribution in [3.05, 3.63) is 6.33 Å². The van der Waals surface area contributed by atoms with Gasteiger partial charge in [-0.1, -0.05) is 0 Å². The molecule has 0 radical (unpaired) electrons. The van der Waals surface area contributed by atoms with Crippen molar-refractivity contribution in [1.29, 1.82) is 0 Å². The molecular weight excluding hydrogens is 424 g/mol. The Morgan fingerprint density at radius 3 is 2.73 bits per heavy atom. The van der Waals surface area contributed by atoms with Crippen molar-refractivity contribution in [3.63, 3.8) is 0 Å². The SMILES string of the molecule is CCOP(=O)(COCCN1I=Nc2c(N)ncnc21)OCC. The summed E-state index contributed by atoms with van der Waals surface area (Å²) in [6.45, 7) is 5.15. The van der Waals surface area contributed by atoms with Crippen LogP contribution < -0.4 is 8.85 Å². The summed E-state index contributed by atoms with van der Waals surface area (Å²) in [6, 6.07) is 0. The molecule has 1 aromatic rings. The second-order valence-electron chi connectivity index (χ2n) is 4.16. The lowest BCUT2D eigenvalue weighted by Gasteiger charge is -2.18. The second-order valence-corrected chi connectivity index (χ2v) is 8.24. The second kappa shape index (κ2) is 8.25. The van der Waals surface area contributed by atoms with E-state index in [4.69, 9.17) is 19.5 Å². The van der Waals surface area contributed by atoms with Crippen LogP contribution in [0.3, 0.4) is 0 Å². The Morgan fingerprint density at radius 1 is 1.32 bits per heavy atom. The number of nitrogen functional groups attached to an aromatic ring is 1. The molecule has 1 aliphatic rings. The predicted molar refractivity (Wildman–Crippen MR) is 91.6 cm³/mol. The minimum absolute atomic E-state index is 0.0588. The van der Waals surface area contributed by atoms with Crippen LogP contribution >= 0.6 is 28.9 Å². The first-order chi connectivity index (χ1) is 10.6. The first-order valence-corrected chi connectivity index (χ1v) is 10.4. The molecule has 0 fully saturated rings. The smallest absolute Gasteiger partial charge is 0.356 e. The summed E-state index contributed by atoms with van der Waals surface area (Å²) < 4.78 is 34.4. The van der Waals surface area contributed by atoms with E-state index < -0.39 is 28.9 Å². The molecule has 0 saturated heterocycles. The number of fused-ring (bicyclic) bond motifs is 1. The molecule has 1 aliphatic heterocycles. The molecule has 124 valence electrons. The summed E-state index contributed by atoms with van der Waals surface area (Å²) >= 11 is -0.567. The maximum atomic E-state index is 12.2. The summed E-state index contributed by atoms with van der Waals surface area (Å²) in [6.07, 6.45) is 1.36. The van der Waals surface area contributed by atoms with Gasteiger partial charge in [0.1, 0.15) is 34.0 Å². The van der Waals surface area contributed by atoms with Crippen LogP contribution in [-0.2, 0) is 18.3 Å². The van der Waals surface area contributed by atoms with Crippen molar-refractivity contribution in [1.82, 2.24) is 9.97 Å². The quantitative estimate of drug-likeness (QED) is 0.269. The van der Waals surface area contributed by atoms with Gasteiger partial charge in [-0.05, 0) is 13.8 Å². The summed E-state index contributed by atoms with van der Waals surface area (Å²) in [5.41, 5.74) is 6.41. The number of halogens is 1. The van der Waals surface area contributed by atoms with Gasteiger partial charge in [-0.25, -0.2) is 9.97 Å². The zero-order valence-electron chi connectivity index (χ0n) is 12.4. The van der Waals surface area contributed by atoms with E-state index in [9.17, 15) is 4.57 Å². The Balaban J connectivity index is 1.82. The highest BCUT2D eigenvalue weighted by molar-refractivity contribution is 14.2. The Labute approximate surface area is 139 Å². The third kappa shape index (κ3) is 4.42. The molecule has 2 N–H and O–H groups in total. The first kappa shape index (κ1) is 17.7. The Kier molecular flexibility index (Phi) is 6.63. The lowest BCUT2D eigenvalue weighted by atomic mass is 10.4. The van der Waals surface area contributed by atoms with Crippen LogP contribution in [-0.4, -0.2) is 42.7 Å². The predicted octanol–water partition coefficient (Wildman–Crippen LogP) is 2.82. The summed E-state index contributed by atoms with van der Waals surface area (Å²) in [5.74, 6) is 1.13. The first-order valence-electron chi connectivity index (χ1n) is 6.79. The van der Waals surface area contributed by atoms with Crippen molar-refractivity contribution in [2.24, 2.45) is 3.15 Å². The fraction of sp³-hybridized carbons (Fsp3) is 0.636. The van der Waals surface area contributed by atoms with Crippen LogP contribution in [0.2, 0.25) is 0 Å². The van der Waals surface area contributed by atoms with Crippen molar-refractivity contribution in [3.8, 4) is 0 Å². The summed E-state index contributed by atoms with van der Waals surface area (Å²) in [4.78, 5) is 8.11. The van der Waals surface area contributed by atoms with Gasteiger partial charge in [0.25, 0.3) is 0 Å². The average Bonchev–Trinajstić information content (AvgIpc) is 2.89. The van der Waals surface area contributed by atoms with Gasteiger partial charge in [0, 0.05) is 0 Å². The third-order valence-electron chi connectivity index (χ3n) is 2.61. The topological polar surface area (TPSA) is 112 Å². The van der Waals surface area contributed by atoms with Gasteiger partial charge in [-0.3, -0.25) is 7.68 Å². The zero-order valence-corrected chi connectivity index (χ0v) is 15.5. The highest BCUT2D eigenvalue weighted by atomic mass is 127. The molecule has 9 nitrogen and oxygen atoms in total. The number of rotatable bonds is 9. The monoisotopic (exact) mass is 443 g/mol. The normalized spacial score (nSPS) is 14.0. The Hall–Kier alpha value is -0.680. The lowest BCUT2D eigenvalue weighted by Crippen LogP contribution is -2.18. The Morgan fingerprint density at radius 2 is 2.05 bits per heavy atom. The minimum atomic E-state index is -3.16. The van der Waals surface area contributed by atoms with Gasteiger partial charge in [0.2, 0.25) is 0 Å². The fourth-order valence-electron chi connectivity index (χ4n) is 1.73. The molecule has 0 saturated carbocycles. The maximum absolute atomic E-state index is 12.2. The molecule has 2 rings (SSSR count). The number of ether oxygens (including phenoxy) is 1. The fourth-order valence-corrected chi connectivity index (χ4v) is 5.00. The molecule has 0 bridgehead atoms. The van der Waals surface area contributed by atoms with Crippen LogP contribution in [0, 0.1) is 0 Å². The van der Waals surface area contributed by atoms with Gasteiger partial charge in [0.05, 0.1) is 26.4 Å². The van der Waals surface area contributed by atoms with E-state index in [1.165, 1.54) is 6.33 Å². The molecule has 0 amide bonds.